The predicted octanol–water partition coefficient (Wildman–Crippen LogP) is 2.80. The van der Waals surface area contributed by atoms with Gasteiger partial charge in [0, 0.05) is 12.2 Å². The molecule has 21 heavy (non-hydrogen) atoms. The number of benzene rings is 2. The number of hydrogen-bond donors (Lipinski definition) is 1. The summed E-state index contributed by atoms with van der Waals surface area (Å²) in [7, 11) is 0. The van der Waals surface area contributed by atoms with Crippen molar-refractivity contribution in [2.75, 3.05) is 11.4 Å². The summed E-state index contributed by atoms with van der Waals surface area (Å²) in [5, 5.41) is 0. The second-order valence-electron chi connectivity index (χ2n) is 5.28. The molecule has 0 unspecified atom stereocenters. The normalized spacial score (nSPS) is 15.4. The lowest BCUT2D eigenvalue weighted by Gasteiger charge is -2.36. The second-order valence-corrected chi connectivity index (χ2v) is 5.28. The number of hydrogen-bond acceptors (Lipinski definition) is 2. The topological polar surface area (TPSA) is 46.3 Å². The number of nitrogens with zero attached hydrogens (tertiary/aromatic N) is 1. The summed E-state index contributed by atoms with van der Waals surface area (Å²) in [5.74, 6) is -0.737. The van der Waals surface area contributed by atoms with E-state index in [1.807, 2.05) is 23.1 Å². The minimum atomic E-state index is -0.563. The molecule has 0 aromatic heterocycles. The highest BCUT2D eigenvalue weighted by Gasteiger charge is 2.29. The van der Waals surface area contributed by atoms with Gasteiger partial charge in [-0.15, -0.1) is 0 Å². The second kappa shape index (κ2) is 5.56. The molecule has 0 aliphatic carbocycles. The molecule has 1 heterocycles. The summed E-state index contributed by atoms with van der Waals surface area (Å²) >= 11 is 0. The first kappa shape index (κ1) is 13.6. The zero-order valence-corrected chi connectivity index (χ0v) is 11.6. The third-order valence-corrected chi connectivity index (χ3v) is 3.91. The summed E-state index contributed by atoms with van der Waals surface area (Å²) in [6.07, 6.45) is 1.98. The zero-order chi connectivity index (χ0) is 14.8. The van der Waals surface area contributed by atoms with E-state index in [2.05, 4.69) is 6.07 Å². The molecule has 3 nitrogen and oxygen atoms in total. The Kier molecular flexibility index (Phi) is 3.60. The Morgan fingerprint density at radius 1 is 1.14 bits per heavy atom. The number of fused-ring (bicyclic) bond motifs is 1. The molecule has 0 bridgehead atoms. The number of primary amides is 1. The van der Waals surface area contributed by atoms with Gasteiger partial charge in [-0.05, 0) is 42.2 Å². The highest BCUT2D eigenvalue weighted by molar-refractivity contribution is 5.85. The van der Waals surface area contributed by atoms with Gasteiger partial charge in [0.05, 0.1) is 0 Å². The Bertz CT molecular complexity index is 654. The van der Waals surface area contributed by atoms with Gasteiger partial charge < -0.3 is 10.6 Å². The molecule has 0 saturated carbocycles. The molecule has 1 atom stereocenters. The fourth-order valence-corrected chi connectivity index (χ4v) is 2.97. The van der Waals surface area contributed by atoms with Crippen molar-refractivity contribution in [3.8, 4) is 0 Å². The summed E-state index contributed by atoms with van der Waals surface area (Å²) in [6.45, 7) is 0.766. The first-order valence-corrected chi connectivity index (χ1v) is 7.06. The van der Waals surface area contributed by atoms with Gasteiger partial charge in [0.1, 0.15) is 11.9 Å². The number of anilines is 1. The molecule has 2 N–H and O–H groups in total. The van der Waals surface area contributed by atoms with Gasteiger partial charge in [-0.3, -0.25) is 4.79 Å². The van der Waals surface area contributed by atoms with Crippen LogP contribution in [0.4, 0.5) is 10.1 Å². The van der Waals surface area contributed by atoms with Crippen LogP contribution < -0.4 is 10.6 Å². The fraction of sp³-hybridized carbons (Fsp3) is 0.235. The first-order valence-electron chi connectivity index (χ1n) is 7.06. The van der Waals surface area contributed by atoms with Crippen LogP contribution in [0.3, 0.4) is 0 Å². The van der Waals surface area contributed by atoms with Crippen molar-refractivity contribution < 1.29 is 9.18 Å². The SMILES string of the molecule is NC(=O)[C@@H](c1ccc(F)cc1)N1CCCc2ccccc21. The van der Waals surface area contributed by atoms with E-state index in [0.717, 1.165) is 30.6 Å². The van der Waals surface area contributed by atoms with Crippen LogP contribution in [-0.4, -0.2) is 12.5 Å². The van der Waals surface area contributed by atoms with Crippen molar-refractivity contribution in [2.24, 2.45) is 5.73 Å². The van der Waals surface area contributed by atoms with Gasteiger partial charge in [-0.25, -0.2) is 4.39 Å². The molecule has 0 spiro atoms. The average Bonchev–Trinajstić information content (AvgIpc) is 2.49. The molecule has 1 aliphatic rings. The highest BCUT2D eigenvalue weighted by atomic mass is 19.1. The monoisotopic (exact) mass is 284 g/mol. The van der Waals surface area contributed by atoms with Crippen molar-refractivity contribution in [1.29, 1.82) is 0 Å². The van der Waals surface area contributed by atoms with Crippen LogP contribution in [-0.2, 0) is 11.2 Å². The van der Waals surface area contributed by atoms with Gasteiger partial charge in [0.25, 0.3) is 0 Å². The Morgan fingerprint density at radius 3 is 2.57 bits per heavy atom. The predicted molar refractivity (Wildman–Crippen MR) is 80.4 cm³/mol. The third-order valence-electron chi connectivity index (χ3n) is 3.91. The Morgan fingerprint density at radius 2 is 1.86 bits per heavy atom. The molecule has 3 rings (SSSR count). The molecule has 1 aliphatic heterocycles. The number of rotatable bonds is 3. The number of carbonyl (C=O) groups excluding carboxylic acids is 1. The van der Waals surface area contributed by atoms with E-state index < -0.39 is 11.9 Å². The van der Waals surface area contributed by atoms with E-state index >= 15 is 0 Å². The standard InChI is InChI=1S/C17H17FN2O/c18-14-9-7-13(8-10-14)16(17(19)21)20-11-3-5-12-4-1-2-6-15(12)20/h1-2,4,6-10,16H,3,5,11H2,(H2,19,21)/t16-/m1/s1. The van der Waals surface area contributed by atoms with Gasteiger partial charge in [-0.2, -0.15) is 0 Å². The van der Waals surface area contributed by atoms with E-state index in [0.29, 0.717) is 0 Å². The Labute approximate surface area is 123 Å². The van der Waals surface area contributed by atoms with E-state index in [4.69, 9.17) is 5.73 Å². The van der Waals surface area contributed by atoms with Crippen LogP contribution in [0.15, 0.2) is 48.5 Å². The zero-order valence-electron chi connectivity index (χ0n) is 11.6. The summed E-state index contributed by atoms with van der Waals surface area (Å²) in [4.78, 5) is 14.0. The summed E-state index contributed by atoms with van der Waals surface area (Å²) in [5.41, 5.74) is 8.60. The Hall–Kier alpha value is -2.36. The van der Waals surface area contributed by atoms with Crippen LogP contribution in [0.5, 0.6) is 0 Å². The van der Waals surface area contributed by atoms with Crippen LogP contribution in [0.25, 0.3) is 0 Å². The van der Waals surface area contributed by atoms with Gasteiger partial charge in [-0.1, -0.05) is 30.3 Å². The molecule has 0 radical (unpaired) electrons. The number of nitrogens with two attached hydrogens (primary N) is 1. The first-order chi connectivity index (χ1) is 10.2. The van der Waals surface area contributed by atoms with E-state index in [1.165, 1.54) is 17.7 Å². The molecule has 0 saturated heterocycles. The smallest absolute Gasteiger partial charge is 0.244 e. The van der Waals surface area contributed by atoms with Crippen molar-refractivity contribution in [3.63, 3.8) is 0 Å². The van der Waals surface area contributed by atoms with E-state index in [1.54, 1.807) is 12.1 Å². The molecule has 4 heteroatoms. The maximum atomic E-state index is 13.1. The third kappa shape index (κ3) is 2.61. The van der Waals surface area contributed by atoms with Crippen molar-refractivity contribution in [1.82, 2.24) is 0 Å². The van der Waals surface area contributed by atoms with Crippen molar-refractivity contribution in [2.45, 2.75) is 18.9 Å². The average molecular weight is 284 g/mol. The maximum Gasteiger partial charge on any atom is 0.244 e. The molecular formula is C17H17FN2O. The van der Waals surface area contributed by atoms with Gasteiger partial charge in [0.15, 0.2) is 0 Å². The number of halogens is 1. The quantitative estimate of drug-likeness (QED) is 0.942. The lowest BCUT2D eigenvalue weighted by atomic mass is 9.96. The van der Waals surface area contributed by atoms with Gasteiger partial charge in [0.2, 0.25) is 5.91 Å². The minimum absolute atomic E-state index is 0.319. The van der Waals surface area contributed by atoms with Crippen LogP contribution in [0, 0.1) is 5.82 Å². The maximum absolute atomic E-state index is 13.1. The molecule has 108 valence electrons. The summed E-state index contributed by atoms with van der Waals surface area (Å²) < 4.78 is 13.1. The van der Waals surface area contributed by atoms with E-state index in [9.17, 15) is 9.18 Å². The highest BCUT2D eigenvalue weighted by Crippen LogP contribution is 2.34. The molecular weight excluding hydrogens is 267 g/mol. The lowest BCUT2D eigenvalue weighted by molar-refractivity contribution is -0.119. The molecule has 0 fully saturated rings. The van der Waals surface area contributed by atoms with Crippen molar-refractivity contribution >= 4 is 11.6 Å². The summed E-state index contributed by atoms with van der Waals surface area (Å²) in [6, 6.07) is 13.5. The molecule has 2 aromatic rings. The number of carbonyl (C=O) groups is 1. The van der Waals surface area contributed by atoms with Crippen molar-refractivity contribution in [3.05, 3.63) is 65.5 Å². The number of aryl methyl sites for hydroxylation is 1. The molecule has 1 amide bonds. The lowest BCUT2D eigenvalue weighted by Crippen LogP contribution is -2.40. The fourth-order valence-electron chi connectivity index (χ4n) is 2.97. The number of amides is 1. The van der Waals surface area contributed by atoms with Crippen LogP contribution in [0.2, 0.25) is 0 Å². The number of para-hydroxylation sites is 1. The van der Waals surface area contributed by atoms with Crippen LogP contribution in [0.1, 0.15) is 23.6 Å². The van der Waals surface area contributed by atoms with Gasteiger partial charge >= 0.3 is 0 Å². The Balaban J connectivity index is 2.03. The largest absolute Gasteiger partial charge is 0.368 e. The molecule has 2 aromatic carbocycles. The minimum Gasteiger partial charge on any atom is -0.368 e. The van der Waals surface area contributed by atoms with Crippen LogP contribution >= 0.6 is 0 Å². The van der Waals surface area contributed by atoms with E-state index in [-0.39, 0.29) is 5.82 Å².